The fourth-order valence-corrected chi connectivity index (χ4v) is 1.95. The van der Waals surface area contributed by atoms with Gasteiger partial charge in [-0.2, -0.15) is 5.10 Å². The number of carboxylic acids is 1. The van der Waals surface area contributed by atoms with Gasteiger partial charge in [0.15, 0.2) is 0 Å². The van der Waals surface area contributed by atoms with Crippen LogP contribution in [0, 0.1) is 6.92 Å². The van der Waals surface area contributed by atoms with Crippen molar-refractivity contribution < 1.29 is 15.0 Å². The first-order valence-electron chi connectivity index (χ1n) is 5.65. The van der Waals surface area contributed by atoms with Gasteiger partial charge in [-0.25, -0.2) is 4.79 Å². The Labute approximate surface area is 104 Å². The fraction of sp³-hybridized carbons (Fsp3) is 0.333. The fourth-order valence-electron chi connectivity index (χ4n) is 1.95. The Hall–Kier alpha value is -2.08. The number of anilines is 1. The predicted molar refractivity (Wildman–Crippen MR) is 67.5 cm³/mol. The first kappa shape index (κ1) is 12.4. The summed E-state index contributed by atoms with van der Waals surface area (Å²) in [5.74, 6) is -1.06. The second-order valence-electron chi connectivity index (χ2n) is 4.15. The minimum Gasteiger partial charge on any atom is -0.478 e. The summed E-state index contributed by atoms with van der Waals surface area (Å²) in [5.41, 5.74) is 7.54. The summed E-state index contributed by atoms with van der Waals surface area (Å²) in [4.78, 5) is 11.0. The molecule has 0 amide bonds. The molecular formula is C12H15N3O3. The summed E-state index contributed by atoms with van der Waals surface area (Å²) in [7, 11) is 0. The number of aromatic carboxylic acids is 1. The van der Waals surface area contributed by atoms with Crippen LogP contribution >= 0.6 is 0 Å². The zero-order valence-corrected chi connectivity index (χ0v) is 10.1. The Morgan fingerprint density at radius 2 is 2.22 bits per heavy atom. The summed E-state index contributed by atoms with van der Waals surface area (Å²) < 4.78 is 1.76. The monoisotopic (exact) mass is 249 g/mol. The van der Waals surface area contributed by atoms with Gasteiger partial charge < -0.3 is 15.9 Å². The van der Waals surface area contributed by atoms with E-state index in [9.17, 15) is 4.79 Å². The zero-order chi connectivity index (χ0) is 13.3. The molecule has 6 nitrogen and oxygen atoms in total. The second-order valence-corrected chi connectivity index (χ2v) is 4.15. The van der Waals surface area contributed by atoms with Gasteiger partial charge in [0.05, 0.1) is 11.1 Å². The molecule has 0 fully saturated rings. The van der Waals surface area contributed by atoms with Crippen molar-refractivity contribution in [3.8, 4) is 0 Å². The molecule has 2 rings (SSSR count). The largest absolute Gasteiger partial charge is 0.478 e. The van der Waals surface area contributed by atoms with E-state index in [4.69, 9.17) is 15.9 Å². The molecule has 1 aromatic carbocycles. The van der Waals surface area contributed by atoms with Crippen molar-refractivity contribution >= 4 is 22.6 Å². The number of benzene rings is 1. The topological polar surface area (TPSA) is 101 Å². The highest BCUT2D eigenvalue weighted by Gasteiger charge is 2.14. The van der Waals surface area contributed by atoms with Gasteiger partial charge in [-0.15, -0.1) is 0 Å². The van der Waals surface area contributed by atoms with Crippen molar-refractivity contribution in [1.29, 1.82) is 0 Å². The van der Waals surface area contributed by atoms with Crippen LogP contribution in [0.15, 0.2) is 12.1 Å². The van der Waals surface area contributed by atoms with Gasteiger partial charge in [-0.1, -0.05) is 0 Å². The number of hydrogen-bond donors (Lipinski definition) is 3. The molecule has 0 aliphatic rings. The molecule has 2 aromatic rings. The Kier molecular flexibility index (Phi) is 3.20. The maximum atomic E-state index is 11.0. The minimum atomic E-state index is -1.06. The van der Waals surface area contributed by atoms with Gasteiger partial charge in [0.25, 0.3) is 0 Å². The summed E-state index contributed by atoms with van der Waals surface area (Å²) in [6.07, 6.45) is 0.607. The number of fused-ring (bicyclic) bond motifs is 1. The highest BCUT2D eigenvalue weighted by atomic mass is 16.4. The number of nitrogens with two attached hydrogens (primary N) is 1. The van der Waals surface area contributed by atoms with E-state index in [0.29, 0.717) is 18.5 Å². The average molecular weight is 249 g/mol. The van der Waals surface area contributed by atoms with Crippen LogP contribution in [0.4, 0.5) is 5.69 Å². The molecule has 1 aromatic heterocycles. The molecule has 0 spiro atoms. The number of hydrogen-bond acceptors (Lipinski definition) is 4. The standard InChI is InChI=1S/C12H15N3O3/c1-7-8-5-10(13)9(12(17)18)6-11(8)14-15(7)3-2-4-16/h5-6,16H,2-4,13H2,1H3,(H,17,18). The number of aliphatic hydroxyl groups excluding tert-OH is 1. The average Bonchev–Trinajstić information content (AvgIpc) is 2.62. The Morgan fingerprint density at radius 1 is 1.50 bits per heavy atom. The van der Waals surface area contributed by atoms with Gasteiger partial charge in [-0.05, 0) is 25.5 Å². The van der Waals surface area contributed by atoms with Crippen LogP contribution in [0.5, 0.6) is 0 Å². The van der Waals surface area contributed by atoms with Crippen LogP contribution in [-0.4, -0.2) is 32.6 Å². The van der Waals surface area contributed by atoms with Gasteiger partial charge >= 0.3 is 5.97 Å². The highest BCUT2D eigenvalue weighted by Crippen LogP contribution is 2.24. The number of carboxylic acid groups (broad SMARTS) is 1. The van der Waals surface area contributed by atoms with Gasteiger partial charge in [0.2, 0.25) is 0 Å². The van der Waals surface area contributed by atoms with Crippen LogP contribution < -0.4 is 5.73 Å². The molecule has 18 heavy (non-hydrogen) atoms. The van der Waals surface area contributed by atoms with E-state index in [2.05, 4.69) is 5.10 Å². The molecule has 0 aliphatic heterocycles. The first-order chi connectivity index (χ1) is 8.54. The maximum absolute atomic E-state index is 11.0. The van der Waals surface area contributed by atoms with Crippen molar-refractivity contribution in [2.75, 3.05) is 12.3 Å². The number of rotatable bonds is 4. The molecule has 0 atom stereocenters. The summed E-state index contributed by atoms with van der Waals surface area (Å²) >= 11 is 0. The minimum absolute atomic E-state index is 0.0642. The van der Waals surface area contributed by atoms with E-state index in [1.165, 1.54) is 6.07 Å². The lowest BCUT2D eigenvalue weighted by Gasteiger charge is -2.01. The molecule has 0 bridgehead atoms. The lowest BCUT2D eigenvalue weighted by Crippen LogP contribution is -2.03. The highest BCUT2D eigenvalue weighted by molar-refractivity contribution is 5.99. The van der Waals surface area contributed by atoms with Crippen molar-refractivity contribution in [2.45, 2.75) is 19.9 Å². The maximum Gasteiger partial charge on any atom is 0.337 e. The van der Waals surface area contributed by atoms with Gasteiger partial charge in [0, 0.05) is 29.9 Å². The normalized spacial score (nSPS) is 11.0. The smallest absolute Gasteiger partial charge is 0.337 e. The van der Waals surface area contributed by atoms with Crippen molar-refractivity contribution in [3.05, 3.63) is 23.4 Å². The van der Waals surface area contributed by atoms with Crippen molar-refractivity contribution in [2.24, 2.45) is 0 Å². The Bertz CT molecular complexity index is 604. The molecule has 0 unspecified atom stereocenters. The molecule has 0 saturated heterocycles. The number of nitrogen functional groups attached to an aromatic ring is 1. The van der Waals surface area contributed by atoms with Crippen molar-refractivity contribution in [3.63, 3.8) is 0 Å². The van der Waals surface area contributed by atoms with Crippen LogP contribution in [-0.2, 0) is 6.54 Å². The second kappa shape index (κ2) is 4.66. The molecule has 0 aliphatic carbocycles. The number of aromatic nitrogens is 2. The molecule has 1 heterocycles. The Balaban J connectivity index is 2.54. The van der Waals surface area contributed by atoms with E-state index >= 15 is 0 Å². The van der Waals surface area contributed by atoms with Gasteiger partial charge in [0.1, 0.15) is 0 Å². The third-order valence-corrected chi connectivity index (χ3v) is 2.93. The summed E-state index contributed by atoms with van der Waals surface area (Å²) in [6.45, 7) is 2.59. The molecule has 4 N–H and O–H groups in total. The molecule has 0 radical (unpaired) electrons. The number of aryl methyl sites for hydroxylation is 2. The summed E-state index contributed by atoms with van der Waals surface area (Å²) in [6, 6.07) is 3.12. The van der Waals surface area contributed by atoms with E-state index in [1.54, 1.807) is 10.7 Å². The van der Waals surface area contributed by atoms with E-state index < -0.39 is 5.97 Å². The lowest BCUT2D eigenvalue weighted by atomic mass is 10.1. The van der Waals surface area contributed by atoms with E-state index in [0.717, 1.165) is 11.1 Å². The van der Waals surface area contributed by atoms with Crippen molar-refractivity contribution in [1.82, 2.24) is 9.78 Å². The van der Waals surface area contributed by atoms with Crippen LogP contribution in [0.25, 0.3) is 10.9 Å². The summed E-state index contributed by atoms with van der Waals surface area (Å²) in [5, 5.41) is 23.0. The molecule has 0 saturated carbocycles. The molecular weight excluding hydrogens is 234 g/mol. The zero-order valence-electron chi connectivity index (χ0n) is 10.1. The third kappa shape index (κ3) is 2.02. The quantitative estimate of drug-likeness (QED) is 0.702. The molecule has 96 valence electrons. The van der Waals surface area contributed by atoms with E-state index in [-0.39, 0.29) is 17.9 Å². The number of aliphatic hydroxyl groups is 1. The van der Waals surface area contributed by atoms with Gasteiger partial charge in [-0.3, -0.25) is 4.68 Å². The number of nitrogens with zero attached hydrogens (tertiary/aromatic N) is 2. The van der Waals surface area contributed by atoms with Crippen LogP contribution in [0.3, 0.4) is 0 Å². The van der Waals surface area contributed by atoms with Crippen LogP contribution in [0.2, 0.25) is 0 Å². The SMILES string of the molecule is Cc1c2cc(N)c(C(=O)O)cc2nn1CCCO. The molecule has 6 heteroatoms. The third-order valence-electron chi connectivity index (χ3n) is 2.93. The number of carbonyl (C=O) groups is 1. The lowest BCUT2D eigenvalue weighted by molar-refractivity contribution is 0.0698. The Morgan fingerprint density at radius 3 is 2.83 bits per heavy atom. The predicted octanol–water partition coefficient (Wildman–Crippen LogP) is 1.01. The first-order valence-corrected chi connectivity index (χ1v) is 5.65. The van der Waals surface area contributed by atoms with Crippen LogP contribution in [0.1, 0.15) is 22.5 Å². The van der Waals surface area contributed by atoms with E-state index in [1.807, 2.05) is 6.92 Å².